The van der Waals surface area contributed by atoms with E-state index in [9.17, 15) is 4.79 Å². The van der Waals surface area contributed by atoms with E-state index in [0.29, 0.717) is 15.6 Å². The van der Waals surface area contributed by atoms with Crippen LogP contribution >= 0.6 is 39.1 Å². The molecule has 2 nitrogen and oxygen atoms in total. The molecule has 0 fully saturated rings. The highest BCUT2D eigenvalue weighted by atomic mass is 79.9. The van der Waals surface area contributed by atoms with Gasteiger partial charge < -0.3 is 5.32 Å². The van der Waals surface area contributed by atoms with Crippen molar-refractivity contribution in [3.05, 3.63) is 69.2 Å². The zero-order valence-electron chi connectivity index (χ0n) is 10.9. The van der Waals surface area contributed by atoms with Gasteiger partial charge in [0.1, 0.15) is 0 Å². The Morgan fingerprint density at radius 3 is 2.71 bits per heavy atom. The molecule has 0 bridgehead atoms. The summed E-state index contributed by atoms with van der Waals surface area (Å²) in [5, 5.41) is 3.92. The van der Waals surface area contributed by atoms with Crippen molar-refractivity contribution < 1.29 is 4.79 Å². The van der Waals surface area contributed by atoms with Gasteiger partial charge in [-0.15, -0.1) is 0 Å². The smallest absolute Gasteiger partial charge is 0.253 e. The van der Waals surface area contributed by atoms with Crippen molar-refractivity contribution in [3.8, 4) is 0 Å². The average Bonchev–Trinajstić information content (AvgIpc) is 2.75. The normalized spacial score (nSPS) is 20.1. The maximum atomic E-state index is 12.4. The van der Waals surface area contributed by atoms with Crippen LogP contribution in [0, 0.1) is 0 Å². The van der Waals surface area contributed by atoms with Gasteiger partial charge in [0.25, 0.3) is 5.91 Å². The van der Waals surface area contributed by atoms with Crippen molar-refractivity contribution >= 4 is 45.0 Å². The molecular formula is C16H12BrCl2NO. The van der Waals surface area contributed by atoms with Crippen molar-refractivity contribution in [2.75, 3.05) is 0 Å². The molecular weight excluding hydrogens is 373 g/mol. The summed E-state index contributed by atoms with van der Waals surface area (Å²) < 4.78 is 0. The summed E-state index contributed by atoms with van der Waals surface area (Å²) in [6.07, 6.45) is 0.898. The SMILES string of the molecule is O=C(NC1c2ccccc2CC1Br)c1ccc(Cl)cc1Cl. The van der Waals surface area contributed by atoms with E-state index < -0.39 is 0 Å². The molecule has 1 aliphatic carbocycles. The Bertz CT molecular complexity index is 704. The largest absolute Gasteiger partial charge is 0.344 e. The molecule has 2 aromatic carbocycles. The first-order chi connectivity index (χ1) is 10.1. The molecule has 0 saturated carbocycles. The fraction of sp³-hybridized carbons (Fsp3) is 0.188. The van der Waals surface area contributed by atoms with E-state index in [0.717, 1.165) is 12.0 Å². The Balaban J connectivity index is 1.85. The van der Waals surface area contributed by atoms with Crippen molar-refractivity contribution in [1.82, 2.24) is 5.32 Å². The second-order valence-electron chi connectivity index (χ2n) is 4.99. The molecule has 3 rings (SSSR count). The van der Waals surface area contributed by atoms with Crippen LogP contribution in [0.15, 0.2) is 42.5 Å². The van der Waals surface area contributed by atoms with Gasteiger partial charge in [-0.25, -0.2) is 0 Å². The minimum atomic E-state index is -0.192. The lowest BCUT2D eigenvalue weighted by molar-refractivity contribution is 0.0938. The number of amides is 1. The Morgan fingerprint density at radius 1 is 1.19 bits per heavy atom. The molecule has 0 heterocycles. The molecule has 1 amide bonds. The summed E-state index contributed by atoms with van der Waals surface area (Å²) >= 11 is 15.6. The number of rotatable bonds is 2. The first-order valence-electron chi connectivity index (χ1n) is 6.54. The monoisotopic (exact) mass is 383 g/mol. The quantitative estimate of drug-likeness (QED) is 0.741. The Hall–Kier alpha value is -1.03. The standard InChI is InChI=1S/C16H12BrCl2NO/c17-13-7-9-3-1-2-4-11(9)15(13)20-16(21)12-6-5-10(18)8-14(12)19/h1-6,8,13,15H,7H2,(H,20,21). The molecule has 0 aliphatic heterocycles. The van der Waals surface area contributed by atoms with Crippen LogP contribution in [-0.4, -0.2) is 10.7 Å². The van der Waals surface area contributed by atoms with Gasteiger partial charge in [0.15, 0.2) is 0 Å². The van der Waals surface area contributed by atoms with Crippen LogP contribution in [0.3, 0.4) is 0 Å². The fourth-order valence-electron chi connectivity index (χ4n) is 2.61. The number of alkyl halides is 1. The van der Waals surface area contributed by atoms with Crippen LogP contribution in [0.2, 0.25) is 10.0 Å². The highest BCUT2D eigenvalue weighted by Crippen LogP contribution is 2.36. The molecule has 0 spiro atoms. The summed E-state index contributed by atoms with van der Waals surface area (Å²) in [6, 6.07) is 13.0. The van der Waals surface area contributed by atoms with E-state index in [1.807, 2.05) is 18.2 Å². The zero-order chi connectivity index (χ0) is 15.0. The van der Waals surface area contributed by atoms with Crippen molar-refractivity contribution in [2.24, 2.45) is 0 Å². The maximum Gasteiger partial charge on any atom is 0.253 e. The van der Waals surface area contributed by atoms with Crippen molar-refractivity contribution in [2.45, 2.75) is 17.3 Å². The van der Waals surface area contributed by atoms with Gasteiger partial charge in [0.05, 0.1) is 16.6 Å². The van der Waals surface area contributed by atoms with Gasteiger partial charge in [0.2, 0.25) is 0 Å². The van der Waals surface area contributed by atoms with Gasteiger partial charge >= 0.3 is 0 Å². The summed E-state index contributed by atoms with van der Waals surface area (Å²) in [5.74, 6) is -0.192. The molecule has 0 aromatic heterocycles. The Morgan fingerprint density at radius 2 is 1.95 bits per heavy atom. The molecule has 0 radical (unpaired) electrons. The molecule has 1 N–H and O–H groups in total. The van der Waals surface area contributed by atoms with Crippen molar-refractivity contribution in [3.63, 3.8) is 0 Å². The van der Waals surface area contributed by atoms with E-state index in [4.69, 9.17) is 23.2 Å². The summed E-state index contributed by atoms with van der Waals surface area (Å²) in [4.78, 5) is 12.6. The second-order valence-corrected chi connectivity index (χ2v) is 7.01. The van der Waals surface area contributed by atoms with Gasteiger partial charge in [0, 0.05) is 9.85 Å². The Kier molecular flexibility index (Phi) is 4.25. The lowest BCUT2D eigenvalue weighted by atomic mass is 10.1. The highest BCUT2D eigenvalue weighted by molar-refractivity contribution is 9.09. The van der Waals surface area contributed by atoms with Crippen LogP contribution in [-0.2, 0) is 6.42 Å². The van der Waals surface area contributed by atoms with Crippen LogP contribution in [0.25, 0.3) is 0 Å². The molecule has 5 heteroatoms. The van der Waals surface area contributed by atoms with Crippen molar-refractivity contribution in [1.29, 1.82) is 0 Å². The summed E-state index contributed by atoms with van der Waals surface area (Å²) in [5.41, 5.74) is 2.84. The summed E-state index contributed by atoms with van der Waals surface area (Å²) in [6.45, 7) is 0. The molecule has 2 unspecified atom stereocenters. The van der Waals surface area contributed by atoms with Gasteiger partial charge in [-0.2, -0.15) is 0 Å². The van der Waals surface area contributed by atoms with E-state index in [1.165, 1.54) is 5.56 Å². The minimum absolute atomic E-state index is 0.0551. The lowest BCUT2D eigenvalue weighted by Crippen LogP contribution is -2.31. The van der Waals surface area contributed by atoms with Crippen LogP contribution < -0.4 is 5.32 Å². The van der Waals surface area contributed by atoms with Crippen LogP contribution in [0.1, 0.15) is 27.5 Å². The minimum Gasteiger partial charge on any atom is -0.344 e. The highest BCUT2D eigenvalue weighted by Gasteiger charge is 2.31. The number of nitrogens with one attached hydrogen (secondary N) is 1. The molecule has 2 atom stereocenters. The molecule has 0 saturated heterocycles. The number of benzene rings is 2. The third kappa shape index (κ3) is 2.96. The average molecular weight is 385 g/mol. The number of fused-ring (bicyclic) bond motifs is 1. The molecule has 2 aromatic rings. The topological polar surface area (TPSA) is 29.1 Å². The predicted octanol–water partition coefficient (Wildman–Crippen LogP) is 4.78. The van der Waals surface area contributed by atoms with Crippen LogP contribution in [0.4, 0.5) is 0 Å². The molecule has 21 heavy (non-hydrogen) atoms. The number of hydrogen-bond acceptors (Lipinski definition) is 1. The predicted molar refractivity (Wildman–Crippen MR) is 89.5 cm³/mol. The molecule has 1 aliphatic rings. The third-order valence-corrected chi connectivity index (χ3v) is 5.03. The lowest BCUT2D eigenvalue weighted by Gasteiger charge is -2.18. The number of carbonyl (C=O) groups excluding carboxylic acids is 1. The van der Waals surface area contributed by atoms with E-state index in [-0.39, 0.29) is 16.8 Å². The van der Waals surface area contributed by atoms with E-state index >= 15 is 0 Å². The number of carbonyl (C=O) groups is 1. The van der Waals surface area contributed by atoms with Gasteiger partial charge in [-0.3, -0.25) is 4.79 Å². The van der Waals surface area contributed by atoms with Gasteiger partial charge in [-0.1, -0.05) is 63.4 Å². The van der Waals surface area contributed by atoms with Gasteiger partial charge in [-0.05, 0) is 35.7 Å². The first-order valence-corrected chi connectivity index (χ1v) is 8.21. The second kappa shape index (κ2) is 5.99. The third-order valence-electron chi connectivity index (χ3n) is 3.63. The van der Waals surface area contributed by atoms with E-state index in [1.54, 1.807) is 18.2 Å². The number of hydrogen-bond donors (Lipinski definition) is 1. The number of halogens is 3. The van der Waals surface area contributed by atoms with E-state index in [2.05, 4.69) is 27.3 Å². The maximum absolute atomic E-state index is 12.4. The Labute approximate surface area is 141 Å². The zero-order valence-corrected chi connectivity index (χ0v) is 14.0. The van der Waals surface area contributed by atoms with Crippen LogP contribution in [0.5, 0.6) is 0 Å². The molecule has 108 valence electrons. The first kappa shape index (κ1) is 14.9. The summed E-state index contributed by atoms with van der Waals surface area (Å²) in [7, 11) is 0. The fourth-order valence-corrected chi connectivity index (χ4v) is 3.87.